The molecule has 2 amide bonds. The lowest BCUT2D eigenvalue weighted by atomic mass is 9.84. The molecule has 8 heteroatoms. The van der Waals surface area contributed by atoms with Crippen LogP contribution in [0.4, 0.5) is 0 Å². The van der Waals surface area contributed by atoms with Crippen LogP contribution in [0.3, 0.4) is 0 Å². The summed E-state index contributed by atoms with van der Waals surface area (Å²) in [4.78, 5) is 27.9. The average molecular weight is 448 g/mol. The van der Waals surface area contributed by atoms with Crippen molar-refractivity contribution < 1.29 is 14.3 Å². The lowest BCUT2D eigenvalue weighted by Crippen LogP contribution is -2.57. The van der Waals surface area contributed by atoms with Crippen molar-refractivity contribution >= 4 is 22.7 Å². The molecular weight excluding hydrogens is 418 g/mol. The number of benzene rings is 2. The van der Waals surface area contributed by atoms with E-state index in [1.54, 1.807) is 7.11 Å². The fourth-order valence-corrected chi connectivity index (χ4v) is 4.94. The second-order valence-electron chi connectivity index (χ2n) is 8.98. The molecule has 1 atom stereocenters. The van der Waals surface area contributed by atoms with Gasteiger partial charge in [-0.25, -0.2) is 0 Å². The van der Waals surface area contributed by atoms with E-state index in [0.717, 1.165) is 60.3 Å². The highest BCUT2D eigenvalue weighted by molar-refractivity contribution is 6.05. The Labute approximate surface area is 192 Å². The Balaban J connectivity index is 1.24. The summed E-state index contributed by atoms with van der Waals surface area (Å²) in [6.07, 6.45) is 2.51. The topological polar surface area (TPSA) is 99.3 Å². The number of hydrogen-bond donors (Lipinski definition) is 3. The van der Waals surface area contributed by atoms with Gasteiger partial charge in [0.1, 0.15) is 5.75 Å². The molecule has 33 heavy (non-hydrogen) atoms. The summed E-state index contributed by atoms with van der Waals surface area (Å²) in [5.74, 6) is 1.07. The predicted molar refractivity (Wildman–Crippen MR) is 125 cm³/mol. The molecule has 2 aromatic carbocycles. The van der Waals surface area contributed by atoms with E-state index in [0.29, 0.717) is 18.2 Å². The van der Waals surface area contributed by atoms with Gasteiger partial charge in [-0.2, -0.15) is 5.10 Å². The minimum Gasteiger partial charge on any atom is -0.497 e. The molecule has 0 unspecified atom stereocenters. The minimum atomic E-state index is -0.153. The highest BCUT2D eigenvalue weighted by Gasteiger charge is 2.35. The molecule has 172 valence electrons. The minimum absolute atomic E-state index is 0.0843. The Hall–Kier alpha value is -3.39. The first-order valence-corrected chi connectivity index (χ1v) is 11.5. The molecule has 0 spiro atoms. The van der Waals surface area contributed by atoms with Gasteiger partial charge in [-0.1, -0.05) is 18.2 Å². The van der Waals surface area contributed by atoms with Gasteiger partial charge in [0.15, 0.2) is 5.69 Å². The zero-order valence-electron chi connectivity index (χ0n) is 18.8. The van der Waals surface area contributed by atoms with Gasteiger partial charge in [-0.15, -0.1) is 0 Å². The molecule has 1 aromatic heterocycles. The van der Waals surface area contributed by atoms with Gasteiger partial charge < -0.3 is 20.3 Å². The number of hydrogen-bond acceptors (Lipinski definition) is 5. The number of nitrogens with one attached hydrogen (secondary N) is 3. The first-order valence-electron chi connectivity index (χ1n) is 11.5. The van der Waals surface area contributed by atoms with Crippen LogP contribution >= 0.6 is 0 Å². The van der Waals surface area contributed by atoms with Crippen LogP contribution in [0.1, 0.15) is 34.5 Å². The van der Waals surface area contributed by atoms with E-state index >= 15 is 0 Å². The quantitative estimate of drug-likeness (QED) is 0.516. The van der Waals surface area contributed by atoms with Gasteiger partial charge in [0.25, 0.3) is 5.91 Å². The van der Waals surface area contributed by atoms with Gasteiger partial charge >= 0.3 is 0 Å². The van der Waals surface area contributed by atoms with E-state index in [4.69, 9.17) is 4.74 Å². The molecule has 4 heterocycles. The SMILES string of the molecule is COc1cccc(CNC(=O)Cc2ccc3[nH]nc(C(=O)N[C@@H]4CN5CCC4CC5)c3c2)c1. The van der Waals surface area contributed by atoms with E-state index < -0.39 is 0 Å². The van der Waals surface area contributed by atoms with Gasteiger partial charge in [0.05, 0.1) is 19.0 Å². The van der Waals surface area contributed by atoms with Crippen LogP contribution in [-0.2, 0) is 17.8 Å². The van der Waals surface area contributed by atoms with E-state index in [2.05, 4.69) is 25.7 Å². The van der Waals surface area contributed by atoms with Crippen LogP contribution in [0.25, 0.3) is 10.9 Å². The van der Waals surface area contributed by atoms with Crippen LogP contribution in [0.15, 0.2) is 42.5 Å². The molecule has 0 aliphatic carbocycles. The van der Waals surface area contributed by atoms with Crippen LogP contribution in [-0.4, -0.2) is 59.7 Å². The summed E-state index contributed by atoms with van der Waals surface area (Å²) in [6.45, 7) is 3.60. The van der Waals surface area contributed by atoms with Crippen molar-refractivity contribution in [2.45, 2.75) is 31.8 Å². The fraction of sp³-hybridized carbons (Fsp3) is 0.400. The first-order chi connectivity index (χ1) is 16.1. The number of rotatable bonds is 7. The Morgan fingerprint density at radius 2 is 2.00 bits per heavy atom. The maximum atomic E-state index is 13.0. The van der Waals surface area contributed by atoms with Gasteiger partial charge in [-0.05, 0) is 67.2 Å². The Morgan fingerprint density at radius 1 is 1.15 bits per heavy atom. The molecule has 3 saturated heterocycles. The molecule has 3 aliphatic rings. The molecule has 2 bridgehead atoms. The van der Waals surface area contributed by atoms with Crippen molar-refractivity contribution in [2.75, 3.05) is 26.7 Å². The number of piperidine rings is 3. The summed E-state index contributed by atoms with van der Waals surface area (Å²) < 4.78 is 5.23. The molecule has 0 radical (unpaired) electrons. The molecule has 8 nitrogen and oxygen atoms in total. The number of amides is 2. The average Bonchev–Trinajstić information content (AvgIpc) is 3.27. The smallest absolute Gasteiger partial charge is 0.272 e. The van der Waals surface area contributed by atoms with Crippen LogP contribution in [0.5, 0.6) is 5.75 Å². The summed E-state index contributed by atoms with van der Waals surface area (Å²) in [5.41, 5.74) is 2.98. The summed E-state index contributed by atoms with van der Waals surface area (Å²) in [5, 5.41) is 14.1. The first kappa shape index (κ1) is 21.5. The maximum Gasteiger partial charge on any atom is 0.272 e. The number of methoxy groups -OCH3 is 1. The van der Waals surface area contributed by atoms with Gasteiger partial charge in [0, 0.05) is 24.5 Å². The third-order valence-electron chi connectivity index (χ3n) is 6.80. The number of H-pyrrole nitrogens is 1. The highest BCUT2D eigenvalue weighted by atomic mass is 16.5. The summed E-state index contributed by atoms with van der Waals surface area (Å²) in [7, 11) is 1.62. The molecule has 0 saturated carbocycles. The molecule has 3 N–H and O–H groups in total. The van der Waals surface area contributed by atoms with Crippen molar-refractivity contribution in [1.29, 1.82) is 0 Å². The standard InChI is InChI=1S/C25H29N5O3/c1-33-19-4-2-3-17(11-19)14-26-23(31)13-16-5-6-21-20(12-16)24(29-28-21)25(32)27-22-15-30-9-7-18(22)8-10-30/h2-6,11-12,18,22H,7-10,13-15H2,1H3,(H,26,31)(H,27,32)(H,28,29)/t22-/m1/s1. The third-order valence-corrected chi connectivity index (χ3v) is 6.80. The third kappa shape index (κ3) is 4.71. The number of ether oxygens (including phenoxy) is 1. The number of carbonyl (C=O) groups is 2. The lowest BCUT2D eigenvalue weighted by Gasteiger charge is -2.44. The van der Waals surface area contributed by atoms with Crippen LogP contribution in [0.2, 0.25) is 0 Å². The van der Waals surface area contributed by atoms with Crippen LogP contribution < -0.4 is 15.4 Å². The molecule has 6 rings (SSSR count). The van der Waals surface area contributed by atoms with Crippen molar-refractivity contribution in [3.63, 3.8) is 0 Å². The predicted octanol–water partition coefficient (Wildman–Crippen LogP) is 2.25. The number of carbonyl (C=O) groups excluding carboxylic acids is 2. The molecule has 3 fully saturated rings. The number of aromatic nitrogens is 2. The highest BCUT2D eigenvalue weighted by Crippen LogP contribution is 2.28. The van der Waals surface area contributed by atoms with Crippen molar-refractivity contribution in [1.82, 2.24) is 25.7 Å². The van der Waals surface area contributed by atoms with Crippen molar-refractivity contribution in [3.05, 3.63) is 59.3 Å². The molecule has 3 aromatic rings. The van der Waals surface area contributed by atoms with Crippen LogP contribution in [0, 0.1) is 5.92 Å². The normalized spacial score (nSPS) is 21.7. The monoisotopic (exact) mass is 447 g/mol. The molecular formula is C25H29N5O3. The number of fused-ring (bicyclic) bond motifs is 4. The van der Waals surface area contributed by atoms with Gasteiger partial charge in [-0.3, -0.25) is 14.7 Å². The maximum absolute atomic E-state index is 13.0. The second kappa shape index (κ2) is 9.23. The lowest BCUT2D eigenvalue weighted by molar-refractivity contribution is -0.120. The number of nitrogens with zero attached hydrogens (tertiary/aromatic N) is 2. The zero-order chi connectivity index (χ0) is 22.8. The Morgan fingerprint density at radius 3 is 2.76 bits per heavy atom. The largest absolute Gasteiger partial charge is 0.497 e. The van der Waals surface area contributed by atoms with Gasteiger partial charge in [0.2, 0.25) is 5.91 Å². The van der Waals surface area contributed by atoms with E-state index in [1.807, 2.05) is 42.5 Å². The number of aromatic amines is 1. The fourth-order valence-electron chi connectivity index (χ4n) is 4.94. The second-order valence-corrected chi connectivity index (χ2v) is 8.98. The van der Waals surface area contributed by atoms with E-state index in [1.165, 1.54) is 0 Å². The Kier molecular flexibility index (Phi) is 6.00. The molecule has 3 aliphatic heterocycles. The van der Waals surface area contributed by atoms with Crippen molar-refractivity contribution in [2.24, 2.45) is 5.92 Å². The van der Waals surface area contributed by atoms with E-state index in [-0.39, 0.29) is 24.3 Å². The van der Waals surface area contributed by atoms with Crippen molar-refractivity contribution in [3.8, 4) is 5.75 Å². The summed E-state index contributed by atoms with van der Waals surface area (Å²) >= 11 is 0. The zero-order valence-corrected chi connectivity index (χ0v) is 18.8. The summed E-state index contributed by atoms with van der Waals surface area (Å²) in [6, 6.07) is 13.4. The van der Waals surface area contributed by atoms with E-state index in [9.17, 15) is 9.59 Å². The Bertz CT molecular complexity index is 1170.